The van der Waals surface area contributed by atoms with E-state index in [9.17, 15) is 9.90 Å². The Morgan fingerprint density at radius 2 is 2.04 bits per heavy atom. The molecule has 4 rings (SSSR count). The van der Waals surface area contributed by atoms with Gasteiger partial charge in [0.15, 0.2) is 5.82 Å². The lowest BCUT2D eigenvalue weighted by atomic mass is 9.71. The van der Waals surface area contributed by atoms with Gasteiger partial charge in [-0.3, -0.25) is 9.89 Å². The highest BCUT2D eigenvalue weighted by Gasteiger charge is 2.41. The number of carbonyl (C=O) groups is 1. The fraction of sp³-hybridized carbons (Fsp3) is 0.571. The summed E-state index contributed by atoms with van der Waals surface area (Å²) in [4.78, 5) is 21.3. The topological polar surface area (TPSA) is 85.4 Å². The average Bonchev–Trinajstić information content (AvgIpc) is 3.09. The summed E-state index contributed by atoms with van der Waals surface area (Å²) in [5.74, 6) is 1.43. The molecule has 0 saturated carbocycles. The number of hydrogen-bond acceptors (Lipinski definition) is 5. The highest BCUT2D eigenvalue weighted by molar-refractivity contribution is 5.78. The van der Waals surface area contributed by atoms with Gasteiger partial charge in [0, 0.05) is 32.6 Å². The minimum Gasteiger partial charge on any atom is -0.392 e. The molecule has 1 atom stereocenters. The first-order valence-corrected chi connectivity index (χ1v) is 10.1. The van der Waals surface area contributed by atoms with Gasteiger partial charge in [-0.05, 0) is 37.3 Å². The molecule has 150 valence electrons. The first-order chi connectivity index (χ1) is 13.5. The molecular weight excluding hydrogens is 354 g/mol. The molecule has 1 spiro atoms. The van der Waals surface area contributed by atoms with Crippen molar-refractivity contribution in [2.75, 3.05) is 33.2 Å². The molecule has 2 saturated heterocycles. The molecule has 2 fully saturated rings. The van der Waals surface area contributed by atoms with E-state index in [1.807, 2.05) is 23.1 Å². The third kappa shape index (κ3) is 4.42. The van der Waals surface area contributed by atoms with Gasteiger partial charge in [0.2, 0.25) is 5.91 Å². The van der Waals surface area contributed by atoms with E-state index in [0.29, 0.717) is 12.2 Å². The van der Waals surface area contributed by atoms with Crippen LogP contribution < -0.4 is 0 Å². The zero-order valence-corrected chi connectivity index (χ0v) is 16.5. The molecule has 2 aromatic rings. The third-order valence-corrected chi connectivity index (χ3v) is 6.07. The van der Waals surface area contributed by atoms with E-state index in [4.69, 9.17) is 0 Å². The van der Waals surface area contributed by atoms with Crippen molar-refractivity contribution in [3.63, 3.8) is 0 Å². The number of piperidine rings is 2. The van der Waals surface area contributed by atoms with Crippen molar-refractivity contribution < 1.29 is 9.90 Å². The zero-order valence-electron chi connectivity index (χ0n) is 16.5. The molecule has 2 aliphatic rings. The summed E-state index contributed by atoms with van der Waals surface area (Å²) < 4.78 is 0. The van der Waals surface area contributed by atoms with Gasteiger partial charge in [0.25, 0.3) is 0 Å². The van der Waals surface area contributed by atoms with Crippen molar-refractivity contribution in [2.45, 2.75) is 38.2 Å². The number of β-amino-alcohol motifs (C(OH)–C–C–N with tert-alkyl or cyclic N) is 1. The summed E-state index contributed by atoms with van der Waals surface area (Å²) >= 11 is 0. The number of rotatable bonds is 4. The zero-order chi connectivity index (χ0) is 19.6. The van der Waals surface area contributed by atoms with Crippen molar-refractivity contribution in [3.8, 4) is 0 Å². The Morgan fingerprint density at radius 1 is 1.29 bits per heavy atom. The van der Waals surface area contributed by atoms with E-state index in [-0.39, 0.29) is 23.8 Å². The molecule has 28 heavy (non-hydrogen) atoms. The predicted octanol–water partition coefficient (Wildman–Crippen LogP) is 1.24. The van der Waals surface area contributed by atoms with E-state index < -0.39 is 0 Å². The molecule has 2 aliphatic heterocycles. The first kappa shape index (κ1) is 19.1. The van der Waals surface area contributed by atoms with Crippen LogP contribution in [-0.2, 0) is 17.6 Å². The molecule has 1 unspecified atom stereocenters. The Balaban J connectivity index is 1.30. The molecule has 3 heterocycles. The number of amides is 1. The fourth-order valence-electron chi connectivity index (χ4n) is 4.75. The maximum atomic E-state index is 12.7. The van der Waals surface area contributed by atoms with Crippen LogP contribution in [0.3, 0.4) is 0 Å². The van der Waals surface area contributed by atoms with Gasteiger partial charge in [0.1, 0.15) is 5.82 Å². The number of nitrogens with zero attached hydrogens (tertiary/aromatic N) is 4. The lowest BCUT2D eigenvalue weighted by molar-refractivity contribution is -0.134. The number of aliphatic hydroxyl groups is 1. The van der Waals surface area contributed by atoms with Crippen LogP contribution in [0.2, 0.25) is 0 Å². The Hall–Kier alpha value is -2.25. The number of aliphatic hydroxyl groups excluding tert-OH is 1. The Labute approximate surface area is 165 Å². The summed E-state index contributed by atoms with van der Waals surface area (Å²) in [5, 5.41) is 17.3. The second-order valence-corrected chi connectivity index (χ2v) is 8.47. The number of hydrogen-bond donors (Lipinski definition) is 2. The first-order valence-electron chi connectivity index (χ1n) is 10.1. The van der Waals surface area contributed by atoms with Gasteiger partial charge in [-0.1, -0.05) is 30.3 Å². The molecule has 7 heteroatoms. The highest BCUT2D eigenvalue weighted by Crippen LogP contribution is 2.39. The third-order valence-electron chi connectivity index (χ3n) is 6.07. The number of aromatic amines is 1. The number of likely N-dealkylation sites (N-methyl/N-ethyl adjacent to an activating group) is 1. The standard InChI is InChI=1S/C21H29N5O2/c1-25-14-17(27)13-21(15-25)7-9-26(10-8-21)20(28)12-19-22-18(23-24-19)11-16-5-3-2-4-6-16/h2-6,17,27H,7-15H2,1H3,(H,22,23,24). The van der Waals surface area contributed by atoms with Crippen LogP contribution in [0.15, 0.2) is 30.3 Å². The van der Waals surface area contributed by atoms with E-state index >= 15 is 0 Å². The van der Waals surface area contributed by atoms with Crippen molar-refractivity contribution in [1.29, 1.82) is 0 Å². The van der Waals surface area contributed by atoms with Crippen LogP contribution in [0.4, 0.5) is 0 Å². The number of nitrogens with one attached hydrogen (secondary N) is 1. The van der Waals surface area contributed by atoms with E-state index in [1.165, 1.54) is 0 Å². The van der Waals surface area contributed by atoms with E-state index in [0.717, 1.165) is 56.8 Å². The molecule has 2 N–H and O–H groups in total. The maximum Gasteiger partial charge on any atom is 0.230 e. The minimum absolute atomic E-state index is 0.0878. The summed E-state index contributed by atoms with van der Waals surface area (Å²) in [5.41, 5.74) is 1.31. The monoisotopic (exact) mass is 383 g/mol. The van der Waals surface area contributed by atoms with Crippen LogP contribution in [0.25, 0.3) is 0 Å². The Kier molecular flexibility index (Phi) is 5.46. The molecule has 0 bridgehead atoms. The van der Waals surface area contributed by atoms with Gasteiger partial charge in [-0.25, -0.2) is 4.98 Å². The van der Waals surface area contributed by atoms with Crippen LogP contribution in [0.1, 0.15) is 36.5 Å². The summed E-state index contributed by atoms with van der Waals surface area (Å²) in [6, 6.07) is 10.1. The van der Waals surface area contributed by atoms with Gasteiger partial charge >= 0.3 is 0 Å². The second-order valence-electron chi connectivity index (χ2n) is 8.47. The number of H-pyrrole nitrogens is 1. The van der Waals surface area contributed by atoms with Crippen molar-refractivity contribution in [2.24, 2.45) is 5.41 Å². The predicted molar refractivity (Wildman–Crippen MR) is 106 cm³/mol. The van der Waals surface area contributed by atoms with Crippen molar-refractivity contribution >= 4 is 5.91 Å². The van der Waals surface area contributed by atoms with Gasteiger partial charge in [0.05, 0.1) is 12.5 Å². The largest absolute Gasteiger partial charge is 0.392 e. The number of carbonyl (C=O) groups excluding carboxylic acids is 1. The molecule has 7 nitrogen and oxygen atoms in total. The fourth-order valence-corrected chi connectivity index (χ4v) is 4.75. The molecule has 1 aromatic carbocycles. The maximum absolute atomic E-state index is 12.7. The number of likely N-dealkylation sites (tertiary alicyclic amines) is 2. The number of aromatic nitrogens is 3. The van der Waals surface area contributed by atoms with Crippen molar-refractivity contribution in [3.05, 3.63) is 47.5 Å². The Bertz CT molecular complexity index is 786. The van der Waals surface area contributed by atoms with Crippen LogP contribution >= 0.6 is 0 Å². The van der Waals surface area contributed by atoms with E-state index in [1.54, 1.807) is 0 Å². The normalized spacial score (nSPS) is 22.5. The molecule has 1 aromatic heterocycles. The quantitative estimate of drug-likeness (QED) is 0.830. The highest BCUT2D eigenvalue weighted by atomic mass is 16.3. The minimum atomic E-state index is -0.253. The molecule has 1 amide bonds. The SMILES string of the molecule is CN1CC(O)CC2(CCN(C(=O)Cc3n[nH]c(Cc4ccccc4)n3)CC2)C1. The second kappa shape index (κ2) is 8.01. The number of benzene rings is 1. The van der Waals surface area contributed by atoms with Crippen LogP contribution in [-0.4, -0.2) is 75.3 Å². The average molecular weight is 383 g/mol. The summed E-state index contributed by atoms with van der Waals surface area (Å²) in [7, 11) is 2.07. The smallest absolute Gasteiger partial charge is 0.230 e. The lowest BCUT2D eigenvalue weighted by Crippen LogP contribution is -2.53. The van der Waals surface area contributed by atoms with Crippen LogP contribution in [0, 0.1) is 5.41 Å². The molecule has 0 aliphatic carbocycles. The van der Waals surface area contributed by atoms with Gasteiger partial charge in [-0.15, -0.1) is 0 Å². The Morgan fingerprint density at radius 3 is 2.75 bits per heavy atom. The lowest BCUT2D eigenvalue weighted by Gasteiger charge is -2.48. The van der Waals surface area contributed by atoms with Gasteiger partial charge < -0.3 is 14.9 Å². The summed E-state index contributed by atoms with van der Waals surface area (Å²) in [6.45, 7) is 3.26. The molecule has 0 radical (unpaired) electrons. The molecular formula is C21H29N5O2. The summed E-state index contributed by atoms with van der Waals surface area (Å²) in [6.07, 6.45) is 3.42. The van der Waals surface area contributed by atoms with E-state index in [2.05, 4.69) is 39.3 Å². The van der Waals surface area contributed by atoms with Gasteiger partial charge in [-0.2, -0.15) is 5.10 Å². The van der Waals surface area contributed by atoms with Crippen molar-refractivity contribution in [1.82, 2.24) is 25.0 Å². The van der Waals surface area contributed by atoms with Crippen LogP contribution in [0.5, 0.6) is 0 Å².